The molecule has 1 heterocycles. The molecule has 0 amide bonds. The lowest BCUT2D eigenvalue weighted by Gasteiger charge is -2.10. The molecule has 1 unspecified atom stereocenters. The standard InChI is InChI=1S/C7H16N2O4P/c10-14(11,12)13-5-4-8-6-7-2-1-3-9-7/h7-8H,1-6H2,(H2,10,11,12). The Hall–Kier alpha value is 0.0300. The van der Waals surface area contributed by atoms with Crippen molar-refractivity contribution in [3.63, 3.8) is 0 Å². The fraction of sp³-hybridized carbons (Fsp3) is 1.00. The van der Waals surface area contributed by atoms with Crippen LogP contribution in [0.1, 0.15) is 12.8 Å². The van der Waals surface area contributed by atoms with E-state index in [9.17, 15) is 4.57 Å². The summed E-state index contributed by atoms with van der Waals surface area (Å²) >= 11 is 0. The van der Waals surface area contributed by atoms with Crippen molar-refractivity contribution in [1.82, 2.24) is 10.6 Å². The van der Waals surface area contributed by atoms with Gasteiger partial charge in [0.05, 0.1) is 6.61 Å². The quantitative estimate of drug-likeness (QED) is 0.415. The van der Waals surface area contributed by atoms with Crippen molar-refractivity contribution in [3.8, 4) is 0 Å². The van der Waals surface area contributed by atoms with Gasteiger partial charge >= 0.3 is 7.82 Å². The van der Waals surface area contributed by atoms with Crippen molar-refractivity contribution in [2.75, 3.05) is 26.2 Å². The van der Waals surface area contributed by atoms with Crippen LogP contribution in [0.4, 0.5) is 0 Å². The van der Waals surface area contributed by atoms with Crippen LogP contribution in [0.25, 0.3) is 0 Å². The van der Waals surface area contributed by atoms with Crippen LogP contribution in [0.15, 0.2) is 0 Å². The van der Waals surface area contributed by atoms with Gasteiger partial charge in [-0.05, 0) is 12.8 Å². The smallest absolute Gasteiger partial charge is 0.313 e. The first-order valence-electron chi connectivity index (χ1n) is 4.65. The zero-order valence-corrected chi connectivity index (χ0v) is 8.82. The predicted octanol–water partition coefficient (Wildman–Crippen LogP) is -0.548. The molecule has 0 aliphatic carbocycles. The Morgan fingerprint density at radius 3 is 2.93 bits per heavy atom. The van der Waals surface area contributed by atoms with Gasteiger partial charge in [0, 0.05) is 25.7 Å². The van der Waals surface area contributed by atoms with E-state index in [1.54, 1.807) is 0 Å². The van der Waals surface area contributed by atoms with E-state index in [1.807, 2.05) is 0 Å². The Labute approximate surface area is 83.3 Å². The molecule has 0 aromatic rings. The summed E-state index contributed by atoms with van der Waals surface area (Å²) in [5.41, 5.74) is 0. The minimum atomic E-state index is -4.29. The molecule has 1 aliphatic rings. The highest BCUT2D eigenvalue weighted by atomic mass is 31.2. The van der Waals surface area contributed by atoms with Crippen LogP contribution >= 0.6 is 7.82 Å². The van der Waals surface area contributed by atoms with Crippen LogP contribution in [0, 0.1) is 0 Å². The third-order valence-electron chi connectivity index (χ3n) is 2.00. The molecular formula is C7H16N2O4P. The van der Waals surface area contributed by atoms with Gasteiger partial charge in [-0.3, -0.25) is 4.52 Å². The summed E-state index contributed by atoms with van der Waals surface area (Å²) in [7, 11) is -4.29. The summed E-state index contributed by atoms with van der Waals surface area (Å²) in [6.07, 6.45) is 2.25. The van der Waals surface area contributed by atoms with Crippen molar-refractivity contribution < 1.29 is 18.9 Å². The number of hydrogen-bond acceptors (Lipinski definition) is 3. The van der Waals surface area contributed by atoms with E-state index in [0.717, 1.165) is 25.9 Å². The lowest BCUT2D eigenvalue weighted by atomic mass is 10.2. The molecule has 83 valence electrons. The molecule has 1 rings (SSSR count). The summed E-state index contributed by atoms with van der Waals surface area (Å²) in [4.78, 5) is 16.7. The Kier molecular flexibility index (Phi) is 5.01. The lowest BCUT2D eigenvalue weighted by Crippen LogP contribution is -2.32. The van der Waals surface area contributed by atoms with Gasteiger partial charge in [0.2, 0.25) is 0 Å². The zero-order valence-electron chi connectivity index (χ0n) is 7.93. The second-order valence-electron chi connectivity index (χ2n) is 3.23. The van der Waals surface area contributed by atoms with Crippen LogP contribution in [0.3, 0.4) is 0 Å². The van der Waals surface area contributed by atoms with E-state index in [0.29, 0.717) is 12.6 Å². The molecule has 1 aliphatic heterocycles. The highest BCUT2D eigenvalue weighted by Crippen LogP contribution is 2.34. The van der Waals surface area contributed by atoms with Gasteiger partial charge in [0.1, 0.15) is 0 Å². The van der Waals surface area contributed by atoms with Gasteiger partial charge < -0.3 is 15.1 Å². The van der Waals surface area contributed by atoms with Crippen molar-refractivity contribution >= 4 is 7.82 Å². The largest absolute Gasteiger partial charge is 0.469 e. The highest BCUT2D eigenvalue weighted by Gasteiger charge is 2.15. The van der Waals surface area contributed by atoms with Crippen LogP contribution in [-0.2, 0) is 9.09 Å². The molecule has 3 N–H and O–H groups in total. The zero-order chi connectivity index (χ0) is 10.4. The van der Waals surface area contributed by atoms with E-state index >= 15 is 0 Å². The summed E-state index contributed by atoms with van der Waals surface area (Å²) < 4.78 is 14.5. The minimum absolute atomic E-state index is 0.0248. The first-order chi connectivity index (χ1) is 6.58. The first-order valence-corrected chi connectivity index (χ1v) is 6.18. The predicted molar refractivity (Wildman–Crippen MR) is 50.9 cm³/mol. The molecule has 1 radical (unpaired) electrons. The van der Waals surface area contributed by atoms with Crippen LogP contribution in [0.2, 0.25) is 0 Å². The van der Waals surface area contributed by atoms with Crippen molar-refractivity contribution in [2.24, 2.45) is 0 Å². The van der Waals surface area contributed by atoms with E-state index in [-0.39, 0.29) is 6.61 Å². The van der Waals surface area contributed by atoms with Gasteiger partial charge in [-0.15, -0.1) is 0 Å². The Bertz CT molecular complexity index is 202. The molecule has 0 aromatic carbocycles. The van der Waals surface area contributed by atoms with Crippen molar-refractivity contribution in [1.29, 1.82) is 0 Å². The average Bonchev–Trinajstić information content (AvgIpc) is 2.54. The number of phosphoric acid groups is 1. The van der Waals surface area contributed by atoms with E-state index < -0.39 is 7.82 Å². The molecule has 0 saturated carbocycles. The molecule has 0 spiro atoms. The maximum absolute atomic E-state index is 10.3. The molecule has 7 heteroatoms. The third kappa shape index (κ3) is 5.70. The molecule has 1 saturated heterocycles. The van der Waals surface area contributed by atoms with Gasteiger partial charge in [-0.25, -0.2) is 9.88 Å². The van der Waals surface area contributed by atoms with Gasteiger partial charge in [0.25, 0.3) is 0 Å². The monoisotopic (exact) mass is 223 g/mol. The van der Waals surface area contributed by atoms with Crippen molar-refractivity contribution in [2.45, 2.75) is 18.9 Å². The second-order valence-corrected chi connectivity index (χ2v) is 4.47. The van der Waals surface area contributed by atoms with E-state index in [4.69, 9.17) is 9.79 Å². The van der Waals surface area contributed by atoms with Gasteiger partial charge in [0.15, 0.2) is 0 Å². The number of rotatable bonds is 6. The van der Waals surface area contributed by atoms with E-state index in [1.165, 1.54) is 0 Å². The summed E-state index contributed by atoms with van der Waals surface area (Å²) in [5.74, 6) is 0. The third-order valence-corrected chi connectivity index (χ3v) is 2.52. The first kappa shape index (κ1) is 12.1. The second kappa shape index (κ2) is 5.80. The molecule has 1 fully saturated rings. The van der Waals surface area contributed by atoms with Gasteiger partial charge in [-0.1, -0.05) is 0 Å². The summed E-state index contributed by atoms with van der Waals surface area (Å²) in [5, 5.41) is 7.36. The topological polar surface area (TPSA) is 92.9 Å². The average molecular weight is 223 g/mol. The molecule has 0 bridgehead atoms. The Morgan fingerprint density at radius 2 is 2.36 bits per heavy atom. The maximum Gasteiger partial charge on any atom is 0.469 e. The van der Waals surface area contributed by atoms with E-state index in [2.05, 4.69) is 15.2 Å². The molecule has 0 aromatic heterocycles. The molecule has 6 nitrogen and oxygen atoms in total. The van der Waals surface area contributed by atoms with Crippen LogP contribution < -0.4 is 10.6 Å². The summed E-state index contributed by atoms with van der Waals surface area (Å²) in [6, 6.07) is 0.366. The maximum atomic E-state index is 10.3. The van der Waals surface area contributed by atoms with Gasteiger partial charge in [-0.2, -0.15) is 0 Å². The Balaban J connectivity index is 1.91. The number of phosphoric ester groups is 1. The fourth-order valence-corrected chi connectivity index (χ4v) is 1.69. The van der Waals surface area contributed by atoms with Crippen LogP contribution in [0.5, 0.6) is 0 Å². The fourth-order valence-electron chi connectivity index (χ4n) is 1.36. The molecular weight excluding hydrogens is 207 g/mol. The normalized spacial score (nSPS) is 22.9. The SMILES string of the molecule is O=P(O)(O)OCCNCC1CCC[N]1. The van der Waals surface area contributed by atoms with Crippen LogP contribution in [-0.4, -0.2) is 42.1 Å². The molecule has 1 atom stereocenters. The Morgan fingerprint density at radius 1 is 1.57 bits per heavy atom. The lowest BCUT2D eigenvalue weighted by molar-refractivity contribution is 0.197. The highest BCUT2D eigenvalue weighted by molar-refractivity contribution is 7.46. The minimum Gasteiger partial charge on any atom is -0.313 e. The number of nitrogens with zero attached hydrogens (tertiary/aromatic N) is 1. The number of nitrogens with one attached hydrogen (secondary N) is 1. The van der Waals surface area contributed by atoms with Crippen molar-refractivity contribution in [3.05, 3.63) is 0 Å². The summed E-state index contributed by atoms with van der Waals surface area (Å²) in [6.45, 7) is 2.17. The number of hydrogen-bond donors (Lipinski definition) is 3. The molecule has 14 heavy (non-hydrogen) atoms.